The van der Waals surface area contributed by atoms with Crippen LogP contribution in [-0.2, 0) is 6.42 Å². The average Bonchev–Trinajstić information content (AvgIpc) is 2.37. The van der Waals surface area contributed by atoms with E-state index < -0.39 is 0 Å². The minimum atomic E-state index is 1.08. The number of rotatable bonds is 9. The van der Waals surface area contributed by atoms with Crippen LogP contribution in [0.4, 0.5) is 0 Å². The van der Waals surface area contributed by atoms with Crippen LogP contribution in [0, 0.1) is 0 Å². The van der Waals surface area contributed by atoms with Crippen LogP contribution >= 0.6 is 0 Å². The highest BCUT2D eigenvalue weighted by Gasteiger charge is 1.99. The first kappa shape index (κ1) is 14.1. The van der Waals surface area contributed by atoms with Crippen molar-refractivity contribution in [2.24, 2.45) is 0 Å². The molecule has 96 valence electrons. The third kappa shape index (κ3) is 7.08. The molecule has 1 aromatic heterocycles. The minimum Gasteiger partial charge on any atom is -0.317 e. The summed E-state index contributed by atoms with van der Waals surface area (Å²) in [6, 6.07) is 4.19. The molecule has 1 rings (SSSR count). The van der Waals surface area contributed by atoms with Gasteiger partial charge in [0.05, 0.1) is 0 Å². The molecule has 0 atom stereocenters. The van der Waals surface area contributed by atoms with E-state index in [2.05, 4.69) is 41.3 Å². The van der Waals surface area contributed by atoms with Crippen molar-refractivity contribution < 1.29 is 0 Å². The molecule has 0 aliphatic heterocycles. The van der Waals surface area contributed by atoms with Gasteiger partial charge in [-0.1, -0.05) is 6.92 Å². The van der Waals surface area contributed by atoms with Crippen molar-refractivity contribution in [1.82, 2.24) is 15.2 Å². The van der Waals surface area contributed by atoms with Crippen LogP contribution in [-0.4, -0.2) is 43.1 Å². The second-order valence-electron chi connectivity index (χ2n) is 4.47. The summed E-state index contributed by atoms with van der Waals surface area (Å²) in [6.07, 6.45) is 7.40. The molecule has 0 radical (unpaired) electrons. The fourth-order valence-electron chi connectivity index (χ4n) is 1.79. The van der Waals surface area contributed by atoms with Gasteiger partial charge in [-0.2, -0.15) is 0 Å². The molecule has 0 aliphatic rings. The monoisotopic (exact) mass is 235 g/mol. The summed E-state index contributed by atoms with van der Waals surface area (Å²) in [5.41, 5.74) is 1.37. The number of nitrogens with one attached hydrogen (secondary N) is 1. The molecule has 1 N–H and O–H groups in total. The van der Waals surface area contributed by atoms with Crippen molar-refractivity contribution in [2.45, 2.75) is 26.2 Å². The van der Waals surface area contributed by atoms with Gasteiger partial charge in [0.25, 0.3) is 0 Å². The zero-order valence-electron chi connectivity index (χ0n) is 11.2. The van der Waals surface area contributed by atoms with Crippen molar-refractivity contribution in [3.05, 3.63) is 30.1 Å². The molecule has 0 amide bonds. The molecule has 0 unspecified atom stereocenters. The normalized spacial score (nSPS) is 11.0. The van der Waals surface area contributed by atoms with Crippen molar-refractivity contribution >= 4 is 0 Å². The predicted octanol–water partition coefficient (Wildman–Crippen LogP) is 1.95. The molecule has 0 saturated carbocycles. The highest BCUT2D eigenvalue weighted by molar-refractivity contribution is 5.09. The van der Waals surface area contributed by atoms with Crippen LogP contribution in [0.2, 0.25) is 0 Å². The molecule has 0 aromatic carbocycles. The average molecular weight is 235 g/mol. The van der Waals surface area contributed by atoms with Gasteiger partial charge >= 0.3 is 0 Å². The SMILES string of the molecule is CCNCCCCN(C)CCc1ccncc1. The minimum absolute atomic E-state index is 1.08. The van der Waals surface area contributed by atoms with Gasteiger partial charge in [-0.3, -0.25) is 4.98 Å². The Morgan fingerprint density at radius 3 is 2.65 bits per heavy atom. The fourth-order valence-corrected chi connectivity index (χ4v) is 1.79. The quantitative estimate of drug-likeness (QED) is 0.663. The molecule has 17 heavy (non-hydrogen) atoms. The van der Waals surface area contributed by atoms with Gasteiger partial charge in [-0.15, -0.1) is 0 Å². The predicted molar refractivity (Wildman–Crippen MR) is 73.2 cm³/mol. The Labute approximate surface area is 105 Å². The second-order valence-corrected chi connectivity index (χ2v) is 4.47. The van der Waals surface area contributed by atoms with Gasteiger partial charge in [0.2, 0.25) is 0 Å². The molecule has 0 saturated heterocycles. The third-order valence-electron chi connectivity index (χ3n) is 2.92. The van der Waals surface area contributed by atoms with Crippen LogP contribution in [0.15, 0.2) is 24.5 Å². The number of likely N-dealkylation sites (N-methyl/N-ethyl adjacent to an activating group) is 1. The number of hydrogen-bond donors (Lipinski definition) is 1. The van der Waals surface area contributed by atoms with Gasteiger partial charge in [0.1, 0.15) is 0 Å². The first-order chi connectivity index (χ1) is 8.33. The van der Waals surface area contributed by atoms with Crippen LogP contribution in [0.5, 0.6) is 0 Å². The summed E-state index contributed by atoms with van der Waals surface area (Å²) < 4.78 is 0. The molecular formula is C14H25N3. The van der Waals surface area contributed by atoms with Gasteiger partial charge in [-0.25, -0.2) is 0 Å². The molecule has 3 heteroatoms. The summed E-state index contributed by atoms with van der Waals surface area (Å²) in [5.74, 6) is 0. The molecular weight excluding hydrogens is 210 g/mol. The Balaban J connectivity index is 2.03. The van der Waals surface area contributed by atoms with E-state index in [1.54, 1.807) is 0 Å². The Hall–Kier alpha value is -0.930. The number of aromatic nitrogens is 1. The molecule has 0 aliphatic carbocycles. The van der Waals surface area contributed by atoms with Crippen molar-refractivity contribution in [3.8, 4) is 0 Å². The summed E-state index contributed by atoms with van der Waals surface area (Å²) in [6.45, 7) is 6.70. The maximum Gasteiger partial charge on any atom is 0.0270 e. The van der Waals surface area contributed by atoms with E-state index in [1.807, 2.05) is 12.4 Å². The summed E-state index contributed by atoms with van der Waals surface area (Å²) in [5, 5.41) is 3.35. The van der Waals surface area contributed by atoms with Gasteiger partial charge < -0.3 is 10.2 Å². The Bertz CT molecular complexity index is 274. The number of hydrogen-bond acceptors (Lipinski definition) is 3. The van der Waals surface area contributed by atoms with E-state index in [-0.39, 0.29) is 0 Å². The lowest BCUT2D eigenvalue weighted by atomic mass is 10.2. The Kier molecular flexibility index (Phi) is 7.60. The van der Waals surface area contributed by atoms with E-state index >= 15 is 0 Å². The first-order valence-electron chi connectivity index (χ1n) is 6.61. The lowest BCUT2D eigenvalue weighted by Gasteiger charge is -2.16. The van der Waals surface area contributed by atoms with E-state index in [0.29, 0.717) is 0 Å². The smallest absolute Gasteiger partial charge is 0.0270 e. The topological polar surface area (TPSA) is 28.2 Å². The van der Waals surface area contributed by atoms with Gasteiger partial charge in [0, 0.05) is 18.9 Å². The number of pyridine rings is 1. The first-order valence-corrected chi connectivity index (χ1v) is 6.61. The Morgan fingerprint density at radius 2 is 1.94 bits per heavy atom. The lowest BCUT2D eigenvalue weighted by molar-refractivity contribution is 0.329. The molecule has 0 spiro atoms. The lowest BCUT2D eigenvalue weighted by Crippen LogP contribution is -2.23. The van der Waals surface area contributed by atoms with Crippen molar-refractivity contribution in [1.29, 1.82) is 0 Å². The fraction of sp³-hybridized carbons (Fsp3) is 0.643. The van der Waals surface area contributed by atoms with Crippen molar-refractivity contribution in [3.63, 3.8) is 0 Å². The largest absolute Gasteiger partial charge is 0.317 e. The van der Waals surface area contributed by atoms with Crippen LogP contribution < -0.4 is 5.32 Å². The van der Waals surface area contributed by atoms with E-state index in [4.69, 9.17) is 0 Å². The number of unbranched alkanes of at least 4 members (excludes halogenated alkanes) is 1. The molecule has 3 nitrogen and oxygen atoms in total. The molecule has 0 fully saturated rings. The highest BCUT2D eigenvalue weighted by Crippen LogP contribution is 2.00. The second kappa shape index (κ2) is 9.14. The van der Waals surface area contributed by atoms with Gasteiger partial charge in [-0.05, 0) is 63.6 Å². The number of nitrogens with zero attached hydrogens (tertiary/aromatic N) is 2. The van der Waals surface area contributed by atoms with Crippen molar-refractivity contribution in [2.75, 3.05) is 33.2 Å². The zero-order chi connectivity index (χ0) is 12.3. The molecule has 1 heterocycles. The molecule has 0 bridgehead atoms. The zero-order valence-corrected chi connectivity index (χ0v) is 11.2. The van der Waals surface area contributed by atoms with E-state index in [1.165, 1.54) is 24.9 Å². The third-order valence-corrected chi connectivity index (χ3v) is 2.92. The van der Waals surface area contributed by atoms with Gasteiger partial charge in [0.15, 0.2) is 0 Å². The maximum atomic E-state index is 4.03. The Morgan fingerprint density at radius 1 is 1.18 bits per heavy atom. The van der Waals surface area contributed by atoms with Crippen LogP contribution in [0.1, 0.15) is 25.3 Å². The summed E-state index contributed by atoms with van der Waals surface area (Å²) >= 11 is 0. The van der Waals surface area contributed by atoms with E-state index in [0.717, 1.165) is 26.1 Å². The summed E-state index contributed by atoms with van der Waals surface area (Å²) in [4.78, 5) is 6.44. The summed E-state index contributed by atoms with van der Waals surface area (Å²) in [7, 11) is 2.20. The molecule has 1 aromatic rings. The maximum absolute atomic E-state index is 4.03. The highest BCUT2D eigenvalue weighted by atomic mass is 15.1. The van der Waals surface area contributed by atoms with Crippen LogP contribution in [0.3, 0.4) is 0 Å². The van der Waals surface area contributed by atoms with Crippen LogP contribution in [0.25, 0.3) is 0 Å². The van der Waals surface area contributed by atoms with E-state index in [9.17, 15) is 0 Å². The standard InChI is InChI=1S/C14H25N3/c1-3-15-9-4-5-12-17(2)13-8-14-6-10-16-11-7-14/h6-7,10-11,15H,3-5,8-9,12-13H2,1-2H3.